The summed E-state index contributed by atoms with van der Waals surface area (Å²) in [7, 11) is 0. The maximum absolute atomic E-state index is 13.0. The Morgan fingerprint density at radius 3 is 2.58 bits per heavy atom. The molecule has 2 aromatic carbocycles. The Morgan fingerprint density at radius 2 is 1.81 bits per heavy atom. The second kappa shape index (κ2) is 7.74. The lowest BCUT2D eigenvalue weighted by Crippen LogP contribution is -2.28. The second-order valence-corrected chi connectivity index (χ2v) is 7.41. The van der Waals surface area contributed by atoms with Crippen molar-refractivity contribution in [1.29, 1.82) is 0 Å². The largest absolute Gasteiger partial charge is 0.348 e. The third kappa shape index (κ3) is 3.65. The zero-order valence-corrected chi connectivity index (χ0v) is 15.2. The average molecular weight is 364 g/mol. The molecule has 0 bridgehead atoms. The highest BCUT2D eigenvalue weighted by molar-refractivity contribution is 8.00. The smallest absolute Gasteiger partial charge is 0.238 e. The third-order valence-corrected chi connectivity index (χ3v) is 5.71. The number of amides is 1. The van der Waals surface area contributed by atoms with Crippen LogP contribution in [0.1, 0.15) is 28.9 Å². The zero-order chi connectivity index (χ0) is 17.8. The third-order valence-electron chi connectivity index (χ3n) is 4.44. The highest BCUT2D eigenvalue weighted by atomic mass is 32.2. The monoisotopic (exact) mass is 364 g/mol. The molecule has 1 aromatic heterocycles. The number of carbonyl (C=O) groups excluding carboxylic acids is 1. The Hall–Kier alpha value is -2.60. The number of fused-ring (bicyclic) bond motifs is 1. The molecule has 1 N–H and O–H groups in total. The summed E-state index contributed by atoms with van der Waals surface area (Å²) in [6, 6.07) is 19.9. The van der Waals surface area contributed by atoms with E-state index in [4.69, 9.17) is 0 Å². The Balaban J connectivity index is 1.50. The van der Waals surface area contributed by atoms with E-state index in [0.717, 1.165) is 41.5 Å². The fraction of sp³-hybridized carbons (Fsp3) is 0.250. The lowest BCUT2D eigenvalue weighted by atomic mass is 10.1. The van der Waals surface area contributed by atoms with E-state index < -0.39 is 0 Å². The molecule has 0 aliphatic carbocycles. The number of aryl methyl sites for hydroxylation is 1. The number of hydrogen-bond donors (Lipinski definition) is 1. The van der Waals surface area contributed by atoms with Crippen LogP contribution < -0.4 is 5.32 Å². The summed E-state index contributed by atoms with van der Waals surface area (Å²) < 4.78 is 2.11. The van der Waals surface area contributed by atoms with Crippen LogP contribution >= 0.6 is 11.8 Å². The van der Waals surface area contributed by atoms with Crippen LogP contribution in [0.3, 0.4) is 0 Å². The van der Waals surface area contributed by atoms with Gasteiger partial charge in [-0.25, -0.2) is 0 Å². The minimum atomic E-state index is -0.306. The van der Waals surface area contributed by atoms with Crippen molar-refractivity contribution in [2.24, 2.45) is 0 Å². The van der Waals surface area contributed by atoms with Crippen molar-refractivity contribution in [3.05, 3.63) is 77.9 Å². The molecule has 0 unspecified atom stereocenters. The SMILES string of the molecule is O=C(NCc1nnc2n1CCC2)[C@H](Sc1ccccc1)c1ccccc1. The van der Waals surface area contributed by atoms with Gasteiger partial charge in [0.25, 0.3) is 0 Å². The Morgan fingerprint density at radius 1 is 1.08 bits per heavy atom. The van der Waals surface area contributed by atoms with Crippen LogP contribution in [0, 0.1) is 0 Å². The molecule has 132 valence electrons. The van der Waals surface area contributed by atoms with Gasteiger partial charge in [0.05, 0.1) is 6.54 Å². The average Bonchev–Trinajstić information content (AvgIpc) is 3.30. The quantitative estimate of drug-likeness (QED) is 0.681. The van der Waals surface area contributed by atoms with Gasteiger partial charge in [-0.3, -0.25) is 4.79 Å². The van der Waals surface area contributed by atoms with Crippen molar-refractivity contribution in [2.75, 3.05) is 0 Å². The standard InChI is InChI=1S/C20H20N4OS/c25-20(21-14-18-23-22-17-12-7-13-24(17)18)19(15-8-3-1-4-9-15)26-16-10-5-2-6-11-16/h1-6,8-11,19H,7,12-14H2,(H,21,25)/t19-/m1/s1. The first-order chi connectivity index (χ1) is 12.8. The first kappa shape index (κ1) is 16.8. The summed E-state index contributed by atoms with van der Waals surface area (Å²) in [6.07, 6.45) is 2.07. The summed E-state index contributed by atoms with van der Waals surface area (Å²) >= 11 is 1.56. The zero-order valence-electron chi connectivity index (χ0n) is 14.3. The minimum absolute atomic E-state index is 0.0135. The molecule has 1 aliphatic heterocycles. The molecule has 26 heavy (non-hydrogen) atoms. The summed E-state index contributed by atoms with van der Waals surface area (Å²) in [5.41, 5.74) is 0.991. The topological polar surface area (TPSA) is 59.8 Å². The fourth-order valence-electron chi connectivity index (χ4n) is 3.14. The predicted molar refractivity (Wildman–Crippen MR) is 102 cm³/mol. The van der Waals surface area contributed by atoms with Crippen molar-refractivity contribution >= 4 is 17.7 Å². The number of thioether (sulfide) groups is 1. The molecule has 0 fully saturated rings. The number of rotatable bonds is 6. The van der Waals surface area contributed by atoms with Gasteiger partial charge in [0.2, 0.25) is 5.91 Å². The predicted octanol–water partition coefficient (Wildman–Crippen LogP) is 3.37. The van der Waals surface area contributed by atoms with Crippen LogP contribution in [-0.4, -0.2) is 20.7 Å². The molecule has 6 heteroatoms. The van der Waals surface area contributed by atoms with E-state index in [1.165, 1.54) is 0 Å². The second-order valence-electron chi connectivity index (χ2n) is 6.23. The van der Waals surface area contributed by atoms with Gasteiger partial charge in [-0.2, -0.15) is 0 Å². The summed E-state index contributed by atoms with van der Waals surface area (Å²) in [6.45, 7) is 1.35. The van der Waals surface area contributed by atoms with E-state index in [-0.39, 0.29) is 11.2 Å². The van der Waals surface area contributed by atoms with Gasteiger partial charge >= 0.3 is 0 Å². The molecule has 0 saturated heterocycles. The molecule has 0 radical (unpaired) electrons. The normalized spacial score (nSPS) is 14.0. The van der Waals surface area contributed by atoms with Crippen LogP contribution in [-0.2, 0) is 24.3 Å². The van der Waals surface area contributed by atoms with E-state index in [1.807, 2.05) is 60.7 Å². The van der Waals surface area contributed by atoms with E-state index in [0.29, 0.717) is 6.54 Å². The first-order valence-corrected chi connectivity index (χ1v) is 9.64. The van der Waals surface area contributed by atoms with Crippen molar-refractivity contribution < 1.29 is 4.79 Å². The molecule has 2 heterocycles. The number of carbonyl (C=O) groups is 1. The lowest BCUT2D eigenvalue weighted by Gasteiger charge is -2.17. The molecule has 3 aromatic rings. The van der Waals surface area contributed by atoms with Crippen molar-refractivity contribution in [3.8, 4) is 0 Å². The molecular formula is C20H20N4OS. The van der Waals surface area contributed by atoms with E-state index in [2.05, 4.69) is 20.1 Å². The van der Waals surface area contributed by atoms with Crippen molar-refractivity contribution in [3.63, 3.8) is 0 Å². The Labute approximate surface area is 156 Å². The molecule has 1 amide bonds. The van der Waals surface area contributed by atoms with Crippen molar-refractivity contribution in [2.45, 2.75) is 36.1 Å². The fourth-order valence-corrected chi connectivity index (χ4v) is 4.21. The van der Waals surface area contributed by atoms with Crippen LogP contribution in [0.25, 0.3) is 0 Å². The highest BCUT2D eigenvalue weighted by Crippen LogP contribution is 2.35. The van der Waals surface area contributed by atoms with Gasteiger partial charge in [0, 0.05) is 17.9 Å². The number of nitrogens with zero attached hydrogens (tertiary/aromatic N) is 3. The van der Waals surface area contributed by atoms with Crippen LogP contribution in [0.5, 0.6) is 0 Å². The first-order valence-electron chi connectivity index (χ1n) is 8.76. The van der Waals surface area contributed by atoms with Gasteiger partial charge in [-0.1, -0.05) is 48.5 Å². The molecular weight excluding hydrogens is 344 g/mol. The van der Waals surface area contributed by atoms with E-state index in [9.17, 15) is 4.79 Å². The summed E-state index contributed by atoms with van der Waals surface area (Å²) in [5, 5.41) is 11.2. The van der Waals surface area contributed by atoms with Crippen molar-refractivity contribution in [1.82, 2.24) is 20.1 Å². The number of nitrogens with one attached hydrogen (secondary N) is 1. The van der Waals surface area contributed by atoms with Gasteiger partial charge in [-0.15, -0.1) is 22.0 Å². The van der Waals surface area contributed by atoms with Gasteiger partial charge < -0.3 is 9.88 Å². The van der Waals surface area contributed by atoms with E-state index >= 15 is 0 Å². The molecule has 1 atom stereocenters. The minimum Gasteiger partial charge on any atom is -0.348 e. The lowest BCUT2D eigenvalue weighted by molar-refractivity contribution is -0.120. The molecule has 0 saturated carbocycles. The van der Waals surface area contributed by atoms with Gasteiger partial charge in [-0.05, 0) is 24.1 Å². The number of benzene rings is 2. The van der Waals surface area contributed by atoms with E-state index in [1.54, 1.807) is 11.8 Å². The summed E-state index contributed by atoms with van der Waals surface area (Å²) in [4.78, 5) is 14.0. The van der Waals surface area contributed by atoms with Gasteiger partial charge in [0.15, 0.2) is 5.82 Å². The Bertz CT molecular complexity index is 879. The maximum atomic E-state index is 13.0. The number of hydrogen-bond acceptors (Lipinski definition) is 4. The van der Waals surface area contributed by atoms with Crippen LogP contribution in [0.2, 0.25) is 0 Å². The van der Waals surface area contributed by atoms with Crippen LogP contribution in [0.4, 0.5) is 0 Å². The summed E-state index contributed by atoms with van der Waals surface area (Å²) in [5.74, 6) is 1.84. The molecule has 0 spiro atoms. The molecule has 4 rings (SSSR count). The highest BCUT2D eigenvalue weighted by Gasteiger charge is 2.23. The maximum Gasteiger partial charge on any atom is 0.238 e. The van der Waals surface area contributed by atoms with Gasteiger partial charge in [0.1, 0.15) is 11.1 Å². The Kier molecular flexibility index (Phi) is 5.02. The van der Waals surface area contributed by atoms with Crippen LogP contribution in [0.15, 0.2) is 65.6 Å². The molecule has 5 nitrogen and oxygen atoms in total. The molecule has 1 aliphatic rings. The number of aromatic nitrogens is 3.